The molecule has 2 heterocycles. The number of para-hydroxylation sites is 2. The highest BCUT2D eigenvalue weighted by atomic mass is 16.4. The highest BCUT2D eigenvalue weighted by Gasteiger charge is 2.22. The number of hydrogen-bond acceptors (Lipinski definition) is 4. The van der Waals surface area contributed by atoms with Crippen LogP contribution in [0.3, 0.4) is 0 Å². The predicted octanol–water partition coefficient (Wildman–Crippen LogP) is 10.0. The molecule has 6 aromatic carbocycles. The van der Waals surface area contributed by atoms with Crippen molar-refractivity contribution in [2.75, 3.05) is 4.90 Å². The van der Waals surface area contributed by atoms with Gasteiger partial charge in [-0.05, 0) is 65.4 Å². The lowest BCUT2D eigenvalue weighted by Gasteiger charge is -2.25. The Hall–Kier alpha value is -5.35. The number of rotatable bonds is 4. The number of fused-ring (bicyclic) bond motifs is 6. The zero-order chi connectivity index (χ0) is 25.8. The van der Waals surface area contributed by atoms with Crippen LogP contribution >= 0.6 is 0 Å². The number of nitrogens with zero attached hydrogens (tertiary/aromatic N) is 2. The van der Waals surface area contributed by atoms with Crippen molar-refractivity contribution >= 4 is 60.9 Å². The number of aromatic nitrogens is 1. The molecule has 0 radical (unpaired) electrons. The Morgan fingerprint density at radius 3 is 2.15 bits per heavy atom. The summed E-state index contributed by atoms with van der Waals surface area (Å²) in [5.74, 6) is 0.602. The van der Waals surface area contributed by atoms with Gasteiger partial charge in [0.15, 0.2) is 11.2 Å². The summed E-state index contributed by atoms with van der Waals surface area (Å²) < 4.78 is 13.0. The van der Waals surface area contributed by atoms with Gasteiger partial charge in [-0.15, -0.1) is 0 Å². The monoisotopic (exact) mass is 502 g/mol. The van der Waals surface area contributed by atoms with Crippen LogP contribution in [0.25, 0.3) is 55.3 Å². The first-order chi connectivity index (χ1) is 19.3. The van der Waals surface area contributed by atoms with Crippen molar-refractivity contribution in [2.24, 2.45) is 0 Å². The van der Waals surface area contributed by atoms with Gasteiger partial charge in [-0.25, -0.2) is 4.98 Å². The molecule has 0 unspecified atom stereocenters. The Labute approximate surface area is 224 Å². The van der Waals surface area contributed by atoms with E-state index >= 15 is 0 Å². The van der Waals surface area contributed by atoms with E-state index in [-0.39, 0.29) is 0 Å². The number of anilines is 3. The van der Waals surface area contributed by atoms with E-state index in [0.29, 0.717) is 5.89 Å². The molecule has 0 saturated carbocycles. The first-order valence-corrected chi connectivity index (χ1v) is 13.0. The maximum absolute atomic E-state index is 6.59. The van der Waals surface area contributed by atoms with Gasteiger partial charge in [0.05, 0.1) is 11.1 Å². The van der Waals surface area contributed by atoms with Gasteiger partial charge in [0.25, 0.3) is 0 Å². The van der Waals surface area contributed by atoms with Crippen molar-refractivity contribution < 1.29 is 8.83 Å². The molecule has 0 spiro atoms. The molecule has 8 rings (SSSR count). The van der Waals surface area contributed by atoms with Crippen LogP contribution < -0.4 is 4.90 Å². The summed E-state index contributed by atoms with van der Waals surface area (Å²) in [6, 6.07) is 45.6. The van der Waals surface area contributed by atoms with Gasteiger partial charge < -0.3 is 13.7 Å². The SMILES string of the molecule is c1ccc(-c2nc3ccc4oc5c(N(c6ccccc6)c6ccc7ccccc7c6)cccc5c4c3o2)cc1. The molecule has 0 aliphatic carbocycles. The Kier molecular flexibility index (Phi) is 4.79. The quantitative estimate of drug-likeness (QED) is 0.240. The molecule has 0 aliphatic heterocycles. The maximum Gasteiger partial charge on any atom is 0.227 e. The number of furan rings is 1. The topological polar surface area (TPSA) is 42.4 Å². The second-order valence-corrected chi connectivity index (χ2v) is 9.63. The highest BCUT2D eigenvalue weighted by Crippen LogP contribution is 2.44. The molecule has 2 aromatic heterocycles. The summed E-state index contributed by atoms with van der Waals surface area (Å²) >= 11 is 0. The minimum atomic E-state index is 0.602. The molecule has 0 fully saturated rings. The molecule has 0 bridgehead atoms. The third kappa shape index (κ3) is 3.50. The van der Waals surface area contributed by atoms with Crippen molar-refractivity contribution in [1.29, 1.82) is 0 Å². The van der Waals surface area contributed by atoms with Crippen LogP contribution in [-0.4, -0.2) is 4.98 Å². The van der Waals surface area contributed by atoms with Crippen molar-refractivity contribution in [1.82, 2.24) is 4.98 Å². The molecule has 184 valence electrons. The van der Waals surface area contributed by atoms with Gasteiger partial charge in [0, 0.05) is 22.3 Å². The average molecular weight is 503 g/mol. The zero-order valence-corrected chi connectivity index (χ0v) is 20.9. The van der Waals surface area contributed by atoms with Crippen molar-refractivity contribution in [3.63, 3.8) is 0 Å². The van der Waals surface area contributed by atoms with E-state index in [9.17, 15) is 0 Å². The average Bonchev–Trinajstić information content (AvgIpc) is 3.60. The fraction of sp³-hybridized carbons (Fsp3) is 0. The van der Waals surface area contributed by atoms with Gasteiger partial charge in [-0.1, -0.05) is 78.9 Å². The van der Waals surface area contributed by atoms with Crippen LogP contribution in [0.1, 0.15) is 0 Å². The third-order valence-electron chi connectivity index (χ3n) is 7.26. The van der Waals surface area contributed by atoms with Crippen molar-refractivity contribution in [3.8, 4) is 11.5 Å². The fourth-order valence-corrected chi connectivity index (χ4v) is 5.45. The standard InChI is InChI=1S/C35H22N2O2/c1-3-11-24(12-4-1)35-36-29-20-21-31-32(34(29)39-35)28-16-9-17-30(33(28)38-31)37(26-14-5-2-6-15-26)27-19-18-23-10-7-8-13-25(23)22-27/h1-22H. The van der Waals surface area contributed by atoms with Crippen molar-refractivity contribution in [2.45, 2.75) is 0 Å². The van der Waals surface area contributed by atoms with Crippen LogP contribution in [0.5, 0.6) is 0 Å². The molecule has 0 amide bonds. The summed E-state index contributed by atoms with van der Waals surface area (Å²) in [6.07, 6.45) is 0. The largest absolute Gasteiger partial charge is 0.454 e. The molecule has 0 aliphatic rings. The summed E-state index contributed by atoms with van der Waals surface area (Å²) in [5, 5.41) is 4.32. The van der Waals surface area contributed by atoms with E-state index in [1.54, 1.807) is 0 Å². The summed E-state index contributed by atoms with van der Waals surface area (Å²) in [4.78, 5) is 7.04. The molecule has 0 atom stereocenters. The van der Waals surface area contributed by atoms with E-state index in [2.05, 4.69) is 89.8 Å². The highest BCUT2D eigenvalue weighted by molar-refractivity contribution is 6.19. The van der Waals surface area contributed by atoms with E-state index in [4.69, 9.17) is 13.8 Å². The molecule has 8 aromatic rings. The molecular formula is C35H22N2O2. The van der Waals surface area contributed by atoms with Crippen LogP contribution in [0.2, 0.25) is 0 Å². The lowest BCUT2D eigenvalue weighted by Crippen LogP contribution is -2.10. The Bertz CT molecular complexity index is 2130. The summed E-state index contributed by atoms with van der Waals surface area (Å²) in [6.45, 7) is 0. The lowest BCUT2D eigenvalue weighted by atomic mass is 10.1. The van der Waals surface area contributed by atoms with E-state index in [1.165, 1.54) is 10.8 Å². The second kappa shape index (κ2) is 8.61. The molecule has 39 heavy (non-hydrogen) atoms. The minimum Gasteiger partial charge on any atom is -0.454 e. The normalized spacial score (nSPS) is 11.6. The van der Waals surface area contributed by atoms with Crippen LogP contribution in [0.15, 0.2) is 142 Å². The Morgan fingerprint density at radius 1 is 0.538 bits per heavy atom. The summed E-state index contributed by atoms with van der Waals surface area (Å²) in [7, 11) is 0. The van der Waals surface area contributed by atoms with Gasteiger partial charge in [0.2, 0.25) is 5.89 Å². The molecule has 4 heteroatoms. The van der Waals surface area contributed by atoms with Crippen LogP contribution in [-0.2, 0) is 0 Å². The number of hydrogen-bond donors (Lipinski definition) is 0. The third-order valence-corrected chi connectivity index (χ3v) is 7.26. The smallest absolute Gasteiger partial charge is 0.227 e. The lowest BCUT2D eigenvalue weighted by molar-refractivity contribution is 0.622. The maximum atomic E-state index is 6.59. The zero-order valence-electron chi connectivity index (χ0n) is 20.9. The number of benzene rings is 6. The minimum absolute atomic E-state index is 0.602. The van der Waals surface area contributed by atoms with E-state index < -0.39 is 0 Å². The first-order valence-electron chi connectivity index (χ1n) is 13.0. The van der Waals surface area contributed by atoms with Crippen molar-refractivity contribution in [3.05, 3.63) is 133 Å². The molecular weight excluding hydrogens is 480 g/mol. The molecule has 0 N–H and O–H groups in total. The Balaban J connectivity index is 1.38. The van der Waals surface area contributed by atoms with Crippen LogP contribution in [0.4, 0.5) is 17.1 Å². The molecule has 4 nitrogen and oxygen atoms in total. The van der Waals surface area contributed by atoms with Gasteiger partial charge >= 0.3 is 0 Å². The second-order valence-electron chi connectivity index (χ2n) is 9.63. The summed E-state index contributed by atoms with van der Waals surface area (Å²) in [5.41, 5.74) is 7.13. The fourth-order valence-electron chi connectivity index (χ4n) is 5.45. The van der Waals surface area contributed by atoms with Gasteiger partial charge in [-0.2, -0.15) is 0 Å². The van der Waals surface area contributed by atoms with Gasteiger partial charge in [-0.3, -0.25) is 0 Å². The first kappa shape index (κ1) is 21.7. The predicted molar refractivity (Wildman–Crippen MR) is 159 cm³/mol. The molecule has 0 saturated heterocycles. The van der Waals surface area contributed by atoms with E-state index in [0.717, 1.165) is 55.7 Å². The Morgan fingerprint density at radius 2 is 1.31 bits per heavy atom. The number of oxazole rings is 1. The van der Waals surface area contributed by atoms with Crippen LogP contribution in [0, 0.1) is 0 Å². The van der Waals surface area contributed by atoms with Gasteiger partial charge in [0.1, 0.15) is 11.1 Å². The van der Waals surface area contributed by atoms with E-state index in [1.807, 2.05) is 48.5 Å².